The number of hydrogen-bond acceptors (Lipinski definition) is 7. The van der Waals surface area contributed by atoms with Crippen LogP contribution in [-0.2, 0) is 13.0 Å². The van der Waals surface area contributed by atoms with E-state index in [4.69, 9.17) is 15.7 Å². The maximum absolute atomic E-state index is 12.8. The van der Waals surface area contributed by atoms with Crippen molar-refractivity contribution in [1.29, 1.82) is 0 Å². The average Bonchev–Trinajstić information content (AvgIpc) is 3.75. The predicted molar refractivity (Wildman–Crippen MR) is 151 cm³/mol. The number of halogens is 2. The highest BCUT2D eigenvalue weighted by molar-refractivity contribution is 5.83. The number of nitrogens with two attached hydrogens (primary N) is 1. The molecule has 7 rings (SSSR count). The summed E-state index contributed by atoms with van der Waals surface area (Å²) in [5, 5.41) is 7.89. The standard InChI is InChI=1S/C30H25F2N9/c31-27(32)24-8-4-18(17-36-24)16-35-23-9-5-19-15-20(6-7-21(19)23)41-29(22-3-1-12-34-28(22)33)38-25-10-11-26(39-30(25)41)40-14-2-13-37-40/h1-4,6-8,10-15,17,23,27,35H,5,9,16H2,(H2,33,34)/t23-/m0/s1. The molecular weight excluding hydrogens is 524 g/mol. The Hall–Kier alpha value is -5.03. The summed E-state index contributed by atoms with van der Waals surface area (Å²) < 4.78 is 29.4. The van der Waals surface area contributed by atoms with Crippen LogP contribution in [0.4, 0.5) is 14.6 Å². The van der Waals surface area contributed by atoms with Crippen molar-refractivity contribution in [1.82, 2.24) is 39.6 Å². The van der Waals surface area contributed by atoms with Gasteiger partial charge in [-0.1, -0.05) is 12.1 Å². The van der Waals surface area contributed by atoms with E-state index in [0.29, 0.717) is 29.7 Å². The molecule has 9 nitrogen and oxygen atoms in total. The average molecular weight is 550 g/mol. The first-order valence-electron chi connectivity index (χ1n) is 13.2. The zero-order valence-corrected chi connectivity index (χ0v) is 21.8. The molecule has 1 atom stereocenters. The lowest BCUT2D eigenvalue weighted by molar-refractivity contribution is 0.146. The van der Waals surface area contributed by atoms with Gasteiger partial charge in [0.15, 0.2) is 17.3 Å². The molecule has 11 heteroatoms. The molecule has 0 radical (unpaired) electrons. The van der Waals surface area contributed by atoms with Gasteiger partial charge in [-0.2, -0.15) is 5.10 Å². The molecule has 0 aliphatic heterocycles. The highest BCUT2D eigenvalue weighted by atomic mass is 19.3. The maximum Gasteiger partial charge on any atom is 0.280 e. The second-order valence-electron chi connectivity index (χ2n) is 9.92. The Labute approximate surface area is 233 Å². The number of aromatic nitrogens is 7. The highest BCUT2D eigenvalue weighted by Crippen LogP contribution is 2.36. The van der Waals surface area contributed by atoms with Crippen LogP contribution in [0, 0.1) is 0 Å². The van der Waals surface area contributed by atoms with Crippen molar-refractivity contribution in [3.63, 3.8) is 0 Å². The number of aryl methyl sites for hydroxylation is 1. The first-order chi connectivity index (χ1) is 20.0. The van der Waals surface area contributed by atoms with Crippen molar-refractivity contribution >= 4 is 17.0 Å². The minimum Gasteiger partial charge on any atom is -0.383 e. The molecule has 0 saturated carbocycles. The number of benzene rings is 1. The third-order valence-electron chi connectivity index (χ3n) is 7.39. The predicted octanol–water partition coefficient (Wildman–Crippen LogP) is 5.36. The van der Waals surface area contributed by atoms with Gasteiger partial charge in [0.25, 0.3) is 6.43 Å². The van der Waals surface area contributed by atoms with Crippen LogP contribution < -0.4 is 11.1 Å². The lowest BCUT2D eigenvalue weighted by atomic mass is 10.1. The Morgan fingerprint density at radius 3 is 2.71 bits per heavy atom. The summed E-state index contributed by atoms with van der Waals surface area (Å²) in [4.78, 5) is 18.0. The van der Waals surface area contributed by atoms with Crippen molar-refractivity contribution in [2.24, 2.45) is 0 Å². The summed E-state index contributed by atoms with van der Waals surface area (Å²) in [6.07, 6.45) is 5.98. The third kappa shape index (κ3) is 4.59. The molecule has 204 valence electrons. The summed E-state index contributed by atoms with van der Waals surface area (Å²) in [5.41, 5.74) is 12.4. The number of nitrogen functional groups attached to an aromatic ring is 1. The number of nitrogens with one attached hydrogen (secondary N) is 1. The highest BCUT2D eigenvalue weighted by Gasteiger charge is 2.25. The monoisotopic (exact) mass is 549 g/mol. The minimum atomic E-state index is -2.57. The van der Waals surface area contributed by atoms with E-state index < -0.39 is 6.43 Å². The molecule has 6 aromatic rings. The SMILES string of the molecule is Nc1ncccc1-c1nc2ccc(-n3cccn3)nc2n1-c1ccc2c(c1)CC[C@@H]2NCc1ccc(C(F)F)nc1. The molecule has 0 bridgehead atoms. The van der Waals surface area contributed by atoms with E-state index in [1.165, 1.54) is 23.4 Å². The number of rotatable bonds is 7. The number of hydrogen-bond donors (Lipinski definition) is 2. The molecule has 0 unspecified atom stereocenters. The van der Waals surface area contributed by atoms with Gasteiger partial charge in [0.1, 0.15) is 17.0 Å². The van der Waals surface area contributed by atoms with Gasteiger partial charge in [-0.05, 0) is 78.1 Å². The number of alkyl halides is 2. The molecule has 0 fully saturated rings. The van der Waals surface area contributed by atoms with E-state index in [0.717, 1.165) is 35.2 Å². The molecule has 1 aromatic carbocycles. The van der Waals surface area contributed by atoms with Gasteiger partial charge in [-0.25, -0.2) is 28.4 Å². The van der Waals surface area contributed by atoms with Gasteiger partial charge < -0.3 is 11.1 Å². The van der Waals surface area contributed by atoms with Crippen LogP contribution in [0.1, 0.15) is 41.3 Å². The molecule has 41 heavy (non-hydrogen) atoms. The lowest BCUT2D eigenvalue weighted by Gasteiger charge is -2.16. The molecule has 3 N–H and O–H groups in total. The number of fused-ring (bicyclic) bond motifs is 2. The van der Waals surface area contributed by atoms with Gasteiger partial charge in [-0.15, -0.1) is 0 Å². The molecule has 5 aromatic heterocycles. The Morgan fingerprint density at radius 2 is 1.93 bits per heavy atom. The van der Waals surface area contributed by atoms with E-state index in [-0.39, 0.29) is 11.7 Å². The van der Waals surface area contributed by atoms with Gasteiger partial charge in [-0.3, -0.25) is 9.55 Å². The zero-order chi connectivity index (χ0) is 27.9. The third-order valence-corrected chi connectivity index (χ3v) is 7.39. The second-order valence-corrected chi connectivity index (χ2v) is 9.92. The van der Waals surface area contributed by atoms with Crippen LogP contribution in [0.5, 0.6) is 0 Å². The van der Waals surface area contributed by atoms with Gasteiger partial charge in [0.2, 0.25) is 0 Å². The molecule has 0 saturated heterocycles. The van der Waals surface area contributed by atoms with E-state index in [9.17, 15) is 8.78 Å². The van der Waals surface area contributed by atoms with Crippen molar-refractivity contribution in [3.8, 4) is 22.9 Å². The van der Waals surface area contributed by atoms with Crippen molar-refractivity contribution in [3.05, 3.63) is 108 Å². The quantitative estimate of drug-likeness (QED) is 0.276. The van der Waals surface area contributed by atoms with Gasteiger partial charge in [0.05, 0.1) is 5.56 Å². The van der Waals surface area contributed by atoms with Crippen LogP contribution in [0.15, 0.2) is 85.5 Å². The molecule has 0 spiro atoms. The summed E-state index contributed by atoms with van der Waals surface area (Å²) >= 11 is 0. The lowest BCUT2D eigenvalue weighted by Crippen LogP contribution is -2.18. The van der Waals surface area contributed by atoms with Crippen LogP contribution in [0.25, 0.3) is 34.1 Å². The first-order valence-corrected chi connectivity index (χ1v) is 13.2. The number of imidazole rings is 1. The number of pyridine rings is 3. The molecule has 5 heterocycles. The fourth-order valence-corrected chi connectivity index (χ4v) is 5.38. The second kappa shape index (κ2) is 10.2. The number of nitrogens with zero attached hydrogens (tertiary/aromatic N) is 7. The zero-order valence-electron chi connectivity index (χ0n) is 21.8. The largest absolute Gasteiger partial charge is 0.383 e. The summed E-state index contributed by atoms with van der Waals surface area (Å²) in [5.74, 6) is 1.72. The fourth-order valence-electron chi connectivity index (χ4n) is 5.38. The van der Waals surface area contributed by atoms with Crippen molar-refractivity contribution < 1.29 is 8.78 Å². The van der Waals surface area contributed by atoms with Crippen molar-refractivity contribution in [2.75, 3.05) is 5.73 Å². The summed E-state index contributed by atoms with van der Waals surface area (Å²) in [6, 6.07) is 19.0. The van der Waals surface area contributed by atoms with Crippen molar-refractivity contribution in [2.45, 2.75) is 31.9 Å². The Balaban J connectivity index is 1.25. The Kier molecular flexibility index (Phi) is 6.20. The Morgan fingerprint density at radius 1 is 1.00 bits per heavy atom. The summed E-state index contributed by atoms with van der Waals surface area (Å²) in [6.45, 7) is 0.541. The molecular formula is C30H25F2N9. The van der Waals surface area contributed by atoms with Gasteiger partial charge >= 0.3 is 0 Å². The molecule has 1 aliphatic rings. The maximum atomic E-state index is 12.8. The first kappa shape index (κ1) is 25.0. The smallest absolute Gasteiger partial charge is 0.280 e. The van der Waals surface area contributed by atoms with Crippen LogP contribution in [0.2, 0.25) is 0 Å². The normalized spacial score (nSPS) is 14.7. The van der Waals surface area contributed by atoms with Crippen LogP contribution in [0.3, 0.4) is 0 Å². The van der Waals surface area contributed by atoms with Crippen LogP contribution in [-0.4, -0.2) is 34.3 Å². The van der Waals surface area contributed by atoms with E-state index in [1.54, 1.807) is 23.1 Å². The minimum absolute atomic E-state index is 0.145. The molecule has 1 aliphatic carbocycles. The van der Waals surface area contributed by atoms with E-state index >= 15 is 0 Å². The Bertz CT molecular complexity index is 1850. The van der Waals surface area contributed by atoms with Gasteiger partial charge in [0, 0.05) is 43.1 Å². The van der Waals surface area contributed by atoms with E-state index in [1.807, 2.05) is 41.1 Å². The summed E-state index contributed by atoms with van der Waals surface area (Å²) in [7, 11) is 0. The molecule has 0 amide bonds. The van der Waals surface area contributed by atoms with Crippen LogP contribution >= 0.6 is 0 Å². The fraction of sp³-hybridized carbons (Fsp3) is 0.167. The topological polar surface area (TPSA) is 112 Å². The number of anilines is 1. The van der Waals surface area contributed by atoms with E-state index in [2.05, 4.69) is 38.6 Å².